The number of nitrogens with one attached hydrogen (secondary N) is 1. The summed E-state index contributed by atoms with van der Waals surface area (Å²) in [4.78, 5) is 17.3. The van der Waals surface area contributed by atoms with Gasteiger partial charge in [-0.2, -0.15) is 4.98 Å². The molecule has 0 unspecified atom stereocenters. The van der Waals surface area contributed by atoms with Gasteiger partial charge in [0.15, 0.2) is 5.82 Å². The second-order valence-electron chi connectivity index (χ2n) is 6.07. The van der Waals surface area contributed by atoms with E-state index in [0.717, 1.165) is 5.69 Å². The van der Waals surface area contributed by atoms with Gasteiger partial charge in [-0.3, -0.25) is 4.79 Å². The molecule has 0 spiro atoms. The molecule has 28 heavy (non-hydrogen) atoms. The largest absolute Gasteiger partial charge is 0.497 e. The van der Waals surface area contributed by atoms with Crippen molar-refractivity contribution in [3.8, 4) is 17.1 Å². The van der Waals surface area contributed by atoms with Crippen molar-refractivity contribution in [2.24, 2.45) is 0 Å². The van der Waals surface area contributed by atoms with Crippen LogP contribution in [0.1, 0.15) is 16.1 Å². The first-order valence-corrected chi connectivity index (χ1v) is 9.54. The fourth-order valence-electron chi connectivity index (χ4n) is 2.80. The fraction of sp³-hybridized carbons (Fsp3) is 0.150. The van der Waals surface area contributed by atoms with Crippen molar-refractivity contribution in [1.29, 1.82) is 0 Å². The Hall–Kier alpha value is -3.26. The summed E-state index contributed by atoms with van der Waals surface area (Å²) in [7, 11) is 1.58. The van der Waals surface area contributed by atoms with Crippen LogP contribution in [0.3, 0.4) is 0 Å². The standard InChI is InChI=1S/C20H17FN4O2S/c1-27-15-8-6-13(7-9-15)19(26)22-11-10-14-12-28-20-23-18(24-25(14)20)16-4-2-3-5-17(16)21/h2-9,12H,10-11H2,1H3,(H,22,26). The molecule has 0 atom stereocenters. The third-order valence-corrected chi connectivity index (χ3v) is 5.15. The van der Waals surface area contributed by atoms with E-state index in [9.17, 15) is 9.18 Å². The van der Waals surface area contributed by atoms with E-state index in [2.05, 4.69) is 15.4 Å². The maximum absolute atomic E-state index is 14.0. The van der Waals surface area contributed by atoms with Crippen molar-refractivity contribution in [1.82, 2.24) is 19.9 Å². The third kappa shape index (κ3) is 3.59. The van der Waals surface area contributed by atoms with Gasteiger partial charge in [0, 0.05) is 23.9 Å². The molecule has 0 fully saturated rings. The van der Waals surface area contributed by atoms with Crippen molar-refractivity contribution >= 4 is 22.2 Å². The van der Waals surface area contributed by atoms with Crippen LogP contribution in [0.4, 0.5) is 4.39 Å². The van der Waals surface area contributed by atoms with Crippen molar-refractivity contribution in [2.45, 2.75) is 6.42 Å². The van der Waals surface area contributed by atoms with Crippen LogP contribution in [0.5, 0.6) is 5.75 Å². The van der Waals surface area contributed by atoms with E-state index in [0.29, 0.717) is 40.6 Å². The van der Waals surface area contributed by atoms with Gasteiger partial charge in [0.05, 0.1) is 18.4 Å². The molecule has 0 bridgehead atoms. The van der Waals surface area contributed by atoms with Crippen LogP contribution in [0.15, 0.2) is 53.9 Å². The Labute approximate surface area is 164 Å². The minimum Gasteiger partial charge on any atom is -0.497 e. The molecular formula is C20H17FN4O2S. The Morgan fingerprint density at radius 2 is 2.00 bits per heavy atom. The quantitative estimate of drug-likeness (QED) is 0.541. The Bertz CT molecular complexity index is 1120. The molecule has 2 aromatic carbocycles. The molecule has 1 amide bonds. The van der Waals surface area contributed by atoms with Crippen LogP contribution < -0.4 is 10.1 Å². The number of carbonyl (C=O) groups is 1. The van der Waals surface area contributed by atoms with E-state index in [1.54, 1.807) is 54.1 Å². The Morgan fingerprint density at radius 3 is 2.75 bits per heavy atom. The van der Waals surface area contributed by atoms with E-state index < -0.39 is 0 Å². The number of rotatable bonds is 6. The molecule has 4 aromatic rings. The maximum atomic E-state index is 14.0. The lowest BCUT2D eigenvalue weighted by Crippen LogP contribution is -2.25. The number of methoxy groups -OCH3 is 1. The number of fused-ring (bicyclic) bond motifs is 1. The summed E-state index contributed by atoms with van der Waals surface area (Å²) in [6, 6.07) is 13.4. The van der Waals surface area contributed by atoms with Gasteiger partial charge >= 0.3 is 0 Å². The molecular weight excluding hydrogens is 379 g/mol. The number of nitrogens with zero attached hydrogens (tertiary/aromatic N) is 3. The number of hydrogen-bond donors (Lipinski definition) is 1. The van der Waals surface area contributed by atoms with Crippen LogP contribution in [0.25, 0.3) is 16.3 Å². The first-order chi connectivity index (χ1) is 13.7. The lowest BCUT2D eigenvalue weighted by molar-refractivity contribution is 0.0954. The molecule has 0 radical (unpaired) electrons. The number of halogens is 1. The average molecular weight is 396 g/mol. The summed E-state index contributed by atoms with van der Waals surface area (Å²) < 4.78 is 20.8. The normalized spacial score (nSPS) is 10.9. The molecule has 142 valence electrons. The zero-order valence-corrected chi connectivity index (χ0v) is 15.9. The van der Waals surface area contributed by atoms with E-state index in [1.165, 1.54) is 17.4 Å². The number of hydrogen-bond acceptors (Lipinski definition) is 5. The summed E-state index contributed by atoms with van der Waals surface area (Å²) in [6.45, 7) is 0.450. The first-order valence-electron chi connectivity index (χ1n) is 8.66. The van der Waals surface area contributed by atoms with Crippen molar-refractivity contribution < 1.29 is 13.9 Å². The van der Waals surface area contributed by atoms with Gasteiger partial charge in [-0.25, -0.2) is 8.91 Å². The number of thiazole rings is 1. The highest BCUT2D eigenvalue weighted by molar-refractivity contribution is 7.15. The SMILES string of the molecule is COc1ccc(C(=O)NCCc2csc3nc(-c4ccccc4F)nn23)cc1. The van der Waals surface area contributed by atoms with Crippen molar-refractivity contribution in [2.75, 3.05) is 13.7 Å². The lowest BCUT2D eigenvalue weighted by Gasteiger charge is -2.05. The van der Waals surface area contributed by atoms with E-state index in [-0.39, 0.29) is 11.7 Å². The molecule has 0 aliphatic rings. The predicted octanol–water partition coefficient (Wildman–Crippen LogP) is 3.58. The molecule has 2 aromatic heterocycles. The van der Waals surface area contributed by atoms with Gasteiger partial charge in [0.25, 0.3) is 5.91 Å². The predicted molar refractivity (Wildman–Crippen MR) is 105 cm³/mol. The average Bonchev–Trinajstić information content (AvgIpc) is 3.30. The number of aromatic nitrogens is 3. The summed E-state index contributed by atoms with van der Waals surface area (Å²) >= 11 is 1.43. The molecule has 2 heterocycles. The summed E-state index contributed by atoms with van der Waals surface area (Å²) in [6.07, 6.45) is 0.585. The Kier molecular flexibility index (Phi) is 5.03. The van der Waals surface area contributed by atoms with E-state index >= 15 is 0 Å². The third-order valence-electron chi connectivity index (χ3n) is 4.28. The van der Waals surface area contributed by atoms with Crippen LogP contribution >= 0.6 is 11.3 Å². The van der Waals surface area contributed by atoms with Gasteiger partial charge in [-0.1, -0.05) is 12.1 Å². The molecule has 0 saturated heterocycles. The van der Waals surface area contributed by atoms with Crippen LogP contribution in [-0.4, -0.2) is 34.2 Å². The minimum atomic E-state index is -0.353. The molecule has 4 rings (SSSR count). The molecule has 0 aliphatic carbocycles. The second-order valence-corrected chi connectivity index (χ2v) is 6.91. The highest BCUT2D eigenvalue weighted by Gasteiger charge is 2.14. The van der Waals surface area contributed by atoms with Crippen LogP contribution in [-0.2, 0) is 6.42 Å². The van der Waals surface area contributed by atoms with Gasteiger partial charge in [0.1, 0.15) is 11.6 Å². The molecule has 1 N–H and O–H groups in total. The number of amides is 1. The minimum absolute atomic E-state index is 0.153. The number of ether oxygens (including phenoxy) is 1. The first kappa shape index (κ1) is 18.1. The highest BCUT2D eigenvalue weighted by atomic mass is 32.1. The van der Waals surface area contributed by atoms with E-state index in [1.807, 2.05) is 5.38 Å². The lowest BCUT2D eigenvalue weighted by atomic mass is 10.2. The number of benzene rings is 2. The summed E-state index contributed by atoms with van der Waals surface area (Å²) in [5.74, 6) is 0.552. The zero-order chi connectivity index (χ0) is 19.5. The molecule has 0 aliphatic heterocycles. The van der Waals surface area contributed by atoms with Crippen molar-refractivity contribution in [3.05, 3.63) is 71.0 Å². The Balaban J connectivity index is 1.43. The Morgan fingerprint density at radius 1 is 1.21 bits per heavy atom. The van der Waals surface area contributed by atoms with Crippen LogP contribution in [0, 0.1) is 5.82 Å². The number of carbonyl (C=O) groups excluding carboxylic acids is 1. The summed E-state index contributed by atoms with van der Waals surface area (Å²) in [5.41, 5.74) is 1.85. The van der Waals surface area contributed by atoms with Gasteiger partial charge < -0.3 is 10.1 Å². The van der Waals surface area contributed by atoms with Gasteiger partial charge in [-0.15, -0.1) is 16.4 Å². The second kappa shape index (κ2) is 7.77. The van der Waals surface area contributed by atoms with Crippen molar-refractivity contribution in [3.63, 3.8) is 0 Å². The van der Waals surface area contributed by atoms with E-state index in [4.69, 9.17) is 4.74 Å². The molecule has 0 saturated carbocycles. The fourth-order valence-corrected chi connectivity index (χ4v) is 3.66. The maximum Gasteiger partial charge on any atom is 0.251 e. The van der Waals surface area contributed by atoms with Crippen LogP contribution in [0.2, 0.25) is 0 Å². The summed E-state index contributed by atoms with van der Waals surface area (Å²) in [5, 5.41) is 9.26. The molecule has 6 nitrogen and oxygen atoms in total. The molecule has 8 heteroatoms. The topological polar surface area (TPSA) is 68.5 Å². The smallest absolute Gasteiger partial charge is 0.251 e. The zero-order valence-electron chi connectivity index (χ0n) is 15.1. The van der Waals surface area contributed by atoms with Gasteiger partial charge in [-0.05, 0) is 36.4 Å². The monoisotopic (exact) mass is 396 g/mol. The van der Waals surface area contributed by atoms with Gasteiger partial charge in [0.2, 0.25) is 4.96 Å². The highest BCUT2D eigenvalue weighted by Crippen LogP contribution is 2.23.